The molecule has 8 heteroatoms. The molecule has 0 N–H and O–H groups in total. The number of ether oxygens (including phenoxy) is 3. The van der Waals surface area contributed by atoms with Gasteiger partial charge in [0.2, 0.25) is 0 Å². The average molecular weight is 443 g/mol. The van der Waals surface area contributed by atoms with Crippen LogP contribution in [0.3, 0.4) is 0 Å². The summed E-state index contributed by atoms with van der Waals surface area (Å²) in [5.41, 5.74) is -0.270. The van der Waals surface area contributed by atoms with Crippen LogP contribution in [0.1, 0.15) is 89.8 Å². The van der Waals surface area contributed by atoms with Gasteiger partial charge in [-0.3, -0.25) is 0 Å². The van der Waals surface area contributed by atoms with Crippen molar-refractivity contribution in [2.24, 2.45) is 5.92 Å². The molecule has 7 nitrogen and oxygen atoms in total. The third-order valence-electron chi connectivity index (χ3n) is 4.37. The first-order chi connectivity index (χ1) is 14.0. The second-order valence-electron chi connectivity index (χ2n) is 8.46. The second-order valence-corrected chi connectivity index (χ2v) is 9.35. The summed E-state index contributed by atoms with van der Waals surface area (Å²) in [4.78, 5) is 31.2. The molecule has 0 aliphatic rings. The Morgan fingerprint density at radius 2 is 1.83 bits per heavy atom. The maximum absolute atomic E-state index is 12.9. The van der Waals surface area contributed by atoms with Gasteiger partial charge in [0, 0.05) is 31.0 Å². The quantitative estimate of drug-likeness (QED) is 0.424. The molecule has 0 bridgehead atoms. The van der Waals surface area contributed by atoms with Crippen LogP contribution in [0.2, 0.25) is 0 Å². The van der Waals surface area contributed by atoms with E-state index in [2.05, 4.69) is 18.8 Å². The number of thiazole rings is 1. The SMILES string of the molecule is CCCN(C(=O)OC(C)(C)C)C(CC(OCC)c1nc(C(=O)OCC)cs1)C(C)C. The molecule has 0 saturated heterocycles. The molecule has 1 aromatic rings. The van der Waals surface area contributed by atoms with Crippen LogP contribution in [0.5, 0.6) is 0 Å². The highest BCUT2D eigenvalue weighted by Crippen LogP contribution is 2.31. The van der Waals surface area contributed by atoms with Crippen LogP contribution < -0.4 is 0 Å². The predicted octanol–water partition coefficient (Wildman–Crippen LogP) is 5.46. The predicted molar refractivity (Wildman–Crippen MR) is 119 cm³/mol. The number of hydrogen-bond acceptors (Lipinski definition) is 7. The summed E-state index contributed by atoms with van der Waals surface area (Å²) in [6.07, 6.45) is 0.758. The molecule has 0 radical (unpaired) electrons. The minimum atomic E-state index is -0.562. The van der Waals surface area contributed by atoms with Crippen LogP contribution in [0.15, 0.2) is 5.38 Å². The van der Waals surface area contributed by atoms with Gasteiger partial charge in [-0.1, -0.05) is 20.8 Å². The largest absolute Gasteiger partial charge is 0.461 e. The van der Waals surface area contributed by atoms with Crippen molar-refractivity contribution >= 4 is 23.4 Å². The van der Waals surface area contributed by atoms with Gasteiger partial charge >= 0.3 is 12.1 Å². The van der Waals surface area contributed by atoms with Crippen LogP contribution in [-0.2, 0) is 14.2 Å². The lowest BCUT2D eigenvalue weighted by atomic mass is 9.96. The van der Waals surface area contributed by atoms with E-state index in [-0.39, 0.29) is 24.2 Å². The fourth-order valence-electron chi connectivity index (χ4n) is 3.11. The van der Waals surface area contributed by atoms with E-state index in [4.69, 9.17) is 14.2 Å². The van der Waals surface area contributed by atoms with E-state index in [1.165, 1.54) is 11.3 Å². The molecular formula is C22H38N2O5S. The maximum atomic E-state index is 12.9. The van der Waals surface area contributed by atoms with Gasteiger partial charge in [-0.25, -0.2) is 14.6 Å². The number of carbonyl (C=O) groups excluding carboxylic acids is 2. The van der Waals surface area contributed by atoms with Crippen molar-refractivity contribution < 1.29 is 23.8 Å². The van der Waals surface area contributed by atoms with Gasteiger partial charge in [-0.2, -0.15) is 0 Å². The van der Waals surface area contributed by atoms with Gasteiger partial charge < -0.3 is 19.1 Å². The van der Waals surface area contributed by atoms with E-state index in [0.717, 1.165) is 6.42 Å². The molecule has 0 aliphatic heterocycles. The van der Waals surface area contributed by atoms with Gasteiger partial charge in [0.15, 0.2) is 5.69 Å². The zero-order valence-corrected chi connectivity index (χ0v) is 20.5. The van der Waals surface area contributed by atoms with E-state index in [9.17, 15) is 9.59 Å². The van der Waals surface area contributed by atoms with Crippen LogP contribution in [-0.4, -0.2) is 53.3 Å². The fraction of sp³-hybridized carbons (Fsp3) is 0.773. The maximum Gasteiger partial charge on any atom is 0.410 e. The highest BCUT2D eigenvalue weighted by atomic mass is 32.1. The zero-order valence-electron chi connectivity index (χ0n) is 19.7. The number of nitrogens with zero attached hydrogens (tertiary/aromatic N) is 2. The van der Waals surface area contributed by atoms with Gasteiger partial charge in [-0.05, 0) is 47.0 Å². The Morgan fingerprint density at radius 1 is 1.17 bits per heavy atom. The van der Waals surface area contributed by atoms with Crippen molar-refractivity contribution in [3.05, 3.63) is 16.1 Å². The Labute approximate surface area is 185 Å². The molecule has 0 aliphatic carbocycles. The van der Waals surface area contributed by atoms with Crippen molar-refractivity contribution in [1.82, 2.24) is 9.88 Å². The molecule has 0 fully saturated rings. The van der Waals surface area contributed by atoms with Gasteiger partial charge in [-0.15, -0.1) is 11.3 Å². The molecule has 30 heavy (non-hydrogen) atoms. The molecule has 0 saturated carbocycles. The van der Waals surface area contributed by atoms with Crippen LogP contribution in [0.4, 0.5) is 4.79 Å². The molecular weight excluding hydrogens is 404 g/mol. The number of carbonyl (C=O) groups is 2. The Kier molecular flexibility index (Phi) is 10.8. The molecule has 1 heterocycles. The van der Waals surface area contributed by atoms with Crippen LogP contribution >= 0.6 is 11.3 Å². The highest BCUT2D eigenvalue weighted by molar-refractivity contribution is 7.09. The van der Waals surface area contributed by atoms with Crippen molar-refractivity contribution in [2.75, 3.05) is 19.8 Å². The summed E-state index contributed by atoms with van der Waals surface area (Å²) in [7, 11) is 0. The Hall–Kier alpha value is -1.67. The third-order valence-corrected chi connectivity index (χ3v) is 5.30. The second kappa shape index (κ2) is 12.2. The first kappa shape index (κ1) is 26.4. The van der Waals surface area contributed by atoms with Gasteiger partial charge in [0.05, 0.1) is 6.61 Å². The Balaban J connectivity index is 3.12. The summed E-state index contributed by atoms with van der Waals surface area (Å²) in [5, 5.41) is 2.41. The lowest BCUT2D eigenvalue weighted by Crippen LogP contribution is -2.47. The van der Waals surface area contributed by atoms with Crippen molar-refractivity contribution in [3.8, 4) is 0 Å². The third kappa shape index (κ3) is 8.22. The summed E-state index contributed by atoms with van der Waals surface area (Å²) < 4.78 is 16.7. The minimum absolute atomic E-state index is 0.0914. The van der Waals surface area contributed by atoms with E-state index in [0.29, 0.717) is 36.9 Å². The molecule has 2 unspecified atom stereocenters. The summed E-state index contributed by atoms with van der Waals surface area (Å²) in [6, 6.07) is -0.0914. The lowest BCUT2D eigenvalue weighted by Gasteiger charge is -2.37. The average Bonchev–Trinajstić information content (AvgIpc) is 3.12. The standard InChI is InChI=1S/C22H38N2O5S/c1-9-12-24(21(26)29-22(6,7)8)17(15(4)5)13-18(27-10-2)19-23-16(14-30-19)20(25)28-11-3/h14-15,17-18H,9-13H2,1-8H3. The van der Waals surface area contributed by atoms with E-state index in [1.54, 1.807) is 12.3 Å². The highest BCUT2D eigenvalue weighted by Gasteiger charge is 2.33. The molecule has 0 aromatic carbocycles. The summed E-state index contributed by atoms with van der Waals surface area (Å²) in [5.74, 6) is -0.242. The Morgan fingerprint density at radius 3 is 2.33 bits per heavy atom. The van der Waals surface area contributed by atoms with Crippen molar-refractivity contribution in [3.63, 3.8) is 0 Å². The minimum Gasteiger partial charge on any atom is -0.461 e. The molecule has 1 amide bonds. The number of aromatic nitrogens is 1. The lowest BCUT2D eigenvalue weighted by molar-refractivity contribution is -0.00779. The smallest absolute Gasteiger partial charge is 0.410 e. The van der Waals surface area contributed by atoms with Crippen molar-refractivity contribution in [1.29, 1.82) is 0 Å². The van der Waals surface area contributed by atoms with E-state index in [1.807, 2.05) is 39.5 Å². The van der Waals surface area contributed by atoms with E-state index < -0.39 is 11.6 Å². The molecule has 1 aromatic heterocycles. The zero-order chi connectivity index (χ0) is 22.9. The molecule has 172 valence electrons. The fourth-order valence-corrected chi connectivity index (χ4v) is 3.96. The molecule has 2 atom stereocenters. The van der Waals surface area contributed by atoms with Crippen LogP contribution in [0.25, 0.3) is 0 Å². The Bertz CT molecular complexity index is 669. The normalized spacial score (nSPS) is 13.8. The van der Waals surface area contributed by atoms with Gasteiger partial charge in [0.1, 0.15) is 16.7 Å². The number of amides is 1. The number of hydrogen-bond donors (Lipinski definition) is 0. The first-order valence-corrected chi connectivity index (χ1v) is 11.7. The summed E-state index contributed by atoms with van der Waals surface area (Å²) in [6.45, 7) is 16.9. The van der Waals surface area contributed by atoms with Gasteiger partial charge in [0.25, 0.3) is 0 Å². The molecule has 0 spiro atoms. The summed E-state index contributed by atoms with van der Waals surface area (Å²) >= 11 is 1.38. The van der Waals surface area contributed by atoms with Crippen molar-refractivity contribution in [2.45, 2.75) is 86.0 Å². The number of rotatable bonds is 11. The molecule has 1 rings (SSSR count). The topological polar surface area (TPSA) is 78.0 Å². The van der Waals surface area contributed by atoms with E-state index >= 15 is 0 Å². The number of esters is 1. The van der Waals surface area contributed by atoms with Crippen LogP contribution in [0, 0.1) is 5.92 Å². The first-order valence-electron chi connectivity index (χ1n) is 10.8. The monoisotopic (exact) mass is 442 g/mol.